The van der Waals surface area contributed by atoms with Gasteiger partial charge in [0.15, 0.2) is 0 Å². The third-order valence-corrected chi connectivity index (χ3v) is 3.60. The molecule has 1 heterocycles. The topological polar surface area (TPSA) is 63.4 Å². The van der Waals surface area contributed by atoms with Crippen molar-refractivity contribution < 1.29 is 14.0 Å². The minimum absolute atomic E-state index is 0.0397. The maximum Gasteiger partial charge on any atom is 0.235 e. The number of halogens is 1. The van der Waals surface area contributed by atoms with Crippen LogP contribution in [0.3, 0.4) is 0 Å². The lowest BCUT2D eigenvalue weighted by molar-refractivity contribution is -0.141. The van der Waals surface area contributed by atoms with Gasteiger partial charge in [0.25, 0.3) is 0 Å². The van der Waals surface area contributed by atoms with Gasteiger partial charge in [-0.15, -0.1) is 0 Å². The predicted octanol–water partition coefficient (Wildman–Crippen LogP) is 1.75. The van der Waals surface area contributed by atoms with Crippen LogP contribution >= 0.6 is 12.2 Å². The van der Waals surface area contributed by atoms with Gasteiger partial charge in [-0.25, -0.2) is 4.39 Å². The van der Waals surface area contributed by atoms with E-state index < -0.39 is 11.2 Å². The molecular weight excluding hydrogens is 279 g/mol. The fourth-order valence-corrected chi connectivity index (χ4v) is 2.46. The molecule has 1 fully saturated rings. The number of likely N-dealkylation sites (tertiary alicyclic amines) is 1. The number of imide groups is 1. The molecule has 1 aliphatic rings. The molecular formula is C14H15FN2O2S. The average Bonchev–Trinajstić information content (AvgIpc) is 2.53. The van der Waals surface area contributed by atoms with Crippen LogP contribution in [0, 0.1) is 11.2 Å². The van der Waals surface area contributed by atoms with Crippen LogP contribution in [0.5, 0.6) is 0 Å². The quantitative estimate of drug-likeness (QED) is 0.681. The summed E-state index contributed by atoms with van der Waals surface area (Å²) in [6.07, 6.45) is 0.176. The van der Waals surface area contributed by atoms with Crippen LogP contribution < -0.4 is 5.73 Å². The summed E-state index contributed by atoms with van der Waals surface area (Å²) in [6, 6.07) is 3.97. The van der Waals surface area contributed by atoms with E-state index in [2.05, 4.69) is 0 Å². The number of nitrogens with zero attached hydrogens (tertiary/aromatic N) is 1. The summed E-state index contributed by atoms with van der Waals surface area (Å²) < 4.78 is 13.2. The first kappa shape index (κ1) is 14.6. The summed E-state index contributed by atoms with van der Waals surface area (Å²) in [5, 5.41) is 0. The van der Waals surface area contributed by atoms with Crippen molar-refractivity contribution in [2.45, 2.75) is 26.8 Å². The first-order valence-electron chi connectivity index (χ1n) is 6.15. The lowest BCUT2D eigenvalue weighted by atomic mass is 9.92. The SMILES string of the molecule is CC1(C)CC(=O)N(Cc2ccc(F)cc2C(N)=S)C1=O. The summed E-state index contributed by atoms with van der Waals surface area (Å²) in [5.74, 6) is -0.935. The summed E-state index contributed by atoms with van der Waals surface area (Å²) in [7, 11) is 0. The highest BCUT2D eigenvalue weighted by atomic mass is 32.1. The fourth-order valence-electron chi connectivity index (χ4n) is 2.27. The van der Waals surface area contributed by atoms with Crippen molar-refractivity contribution in [2.24, 2.45) is 11.1 Å². The third-order valence-electron chi connectivity index (χ3n) is 3.38. The molecule has 2 rings (SSSR count). The number of thiocarbonyl (C=S) groups is 1. The molecule has 0 bridgehead atoms. The molecule has 0 aliphatic carbocycles. The van der Waals surface area contributed by atoms with Crippen molar-refractivity contribution in [3.63, 3.8) is 0 Å². The largest absolute Gasteiger partial charge is 0.389 e. The van der Waals surface area contributed by atoms with E-state index in [1.807, 2.05) is 0 Å². The number of nitrogens with two attached hydrogens (primary N) is 1. The van der Waals surface area contributed by atoms with Gasteiger partial charge in [0.2, 0.25) is 11.8 Å². The number of carbonyl (C=O) groups is 2. The highest BCUT2D eigenvalue weighted by molar-refractivity contribution is 7.80. The van der Waals surface area contributed by atoms with Gasteiger partial charge in [0.1, 0.15) is 10.8 Å². The number of benzene rings is 1. The Morgan fingerprint density at radius 1 is 1.45 bits per heavy atom. The second kappa shape index (κ2) is 4.94. The highest BCUT2D eigenvalue weighted by Gasteiger charge is 2.44. The Bertz CT molecular complexity index is 613. The molecule has 106 valence electrons. The molecule has 6 heteroatoms. The molecule has 0 radical (unpaired) electrons. The molecule has 2 amide bonds. The van der Waals surface area contributed by atoms with Gasteiger partial charge in [-0.1, -0.05) is 32.1 Å². The predicted molar refractivity (Wildman–Crippen MR) is 76.2 cm³/mol. The van der Waals surface area contributed by atoms with E-state index in [0.29, 0.717) is 11.1 Å². The molecule has 2 N–H and O–H groups in total. The van der Waals surface area contributed by atoms with Crippen LogP contribution in [-0.4, -0.2) is 21.7 Å². The van der Waals surface area contributed by atoms with E-state index in [1.165, 1.54) is 23.1 Å². The van der Waals surface area contributed by atoms with Crippen LogP contribution in [-0.2, 0) is 16.1 Å². The van der Waals surface area contributed by atoms with Gasteiger partial charge in [0.05, 0.1) is 12.0 Å². The Kier molecular flexibility index (Phi) is 3.60. The van der Waals surface area contributed by atoms with E-state index in [4.69, 9.17) is 18.0 Å². The average molecular weight is 294 g/mol. The number of amides is 2. The van der Waals surface area contributed by atoms with E-state index >= 15 is 0 Å². The second-order valence-corrected chi connectivity index (χ2v) is 5.95. The maximum absolute atomic E-state index is 13.2. The lowest BCUT2D eigenvalue weighted by Crippen LogP contribution is -2.33. The van der Waals surface area contributed by atoms with Gasteiger partial charge in [-0.3, -0.25) is 14.5 Å². The Labute approximate surface area is 121 Å². The molecule has 1 aliphatic heterocycles. The van der Waals surface area contributed by atoms with Crippen molar-refractivity contribution in [1.29, 1.82) is 0 Å². The van der Waals surface area contributed by atoms with Crippen molar-refractivity contribution in [1.82, 2.24) is 4.90 Å². The molecule has 0 aromatic heterocycles. The van der Waals surface area contributed by atoms with Crippen LogP contribution in [0.25, 0.3) is 0 Å². The molecule has 20 heavy (non-hydrogen) atoms. The summed E-state index contributed by atoms with van der Waals surface area (Å²) in [6.45, 7) is 3.52. The Morgan fingerprint density at radius 2 is 2.10 bits per heavy atom. The summed E-state index contributed by atoms with van der Waals surface area (Å²) >= 11 is 4.88. The first-order valence-corrected chi connectivity index (χ1v) is 6.56. The van der Waals surface area contributed by atoms with Crippen molar-refractivity contribution in [2.75, 3.05) is 0 Å². The Hall–Kier alpha value is -1.82. The van der Waals surface area contributed by atoms with Crippen LogP contribution in [0.15, 0.2) is 18.2 Å². The van der Waals surface area contributed by atoms with Gasteiger partial charge < -0.3 is 5.73 Å². The molecule has 1 saturated heterocycles. The Morgan fingerprint density at radius 3 is 2.60 bits per heavy atom. The normalized spacial score (nSPS) is 17.6. The minimum Gasteiger partial charge on any atom is -0.389 e. The zero-order valence-electron chi connectivity index (χ0n) is 11.3. The van der Waals surface area contributed by atoms with Crippen molar-refractivity contribution >= 4 is 29.0 Å². The van der Waals surface area contributed by atoms with Gasteiger partial charge >= 0.3 is 0 Å². The van der Waals surface area contributed by atoms with Crippen LogP contribution in [0.1, 0.15) is 31.4 Å². The Balaban J connectivity index is 2.34. The number of hydrogen-bond acceptors (Lipinski definition) is 3. The summed E-state index contributed by atoms with van der Waals surface area (Å²) in [4.78, 5) is 25.3. The van der Waals surface area contributed by atoms with E-state index in [0.717, 1.165) is 0 Å². The number of rotatable bonds is 3. The number of carbonyl (C=O) groups excluding carboxylic acids is 2. The second-order valence-electron chi connectivity index (χ2n) is 5.51. The standard InChI is InChI=1S/C14H15FN2O2S/c1-14(2)6-11(18)17(13(14)19)7-8-3-4-9(15)5-10(8)12(16)20/h3-5H,6-7H2,1-2H3,(H2,16,20). The van der Waals surface area contributed by atoms with Crippen LogP contribution in [0.2, 0.25) is 0 Å². The highest BCUT2D eigenvalue weighted by Crippen LogP contribution is 2.33. The molecule has 4 nitrogen and oxygen atoms in total. The fraction of sp³-hybridized carbons (Fsp3) is 0.357. The van der Waals surface area contributed by atoms with Crippen molar-refractivity contribution in [3.05, 3.63) is 35.1 Å². The summed E-state index contributed by atoms with van der Waals surface area (Å²) in [5.41, 5.74) is 5.78. The number of hydrogen-bond donors (Lipinski definition) is 1. The van der Waals surface area contributed by atoms with Crippen LogP contribution in [0.4, 0.5) is 4.39 Å². The van der Waals surface area contributed by atoms with Gasteiger partial charge in [-0.05, 0) is 17.7 Å². The minimum atomic E-state index is -0.694. The first-order chi connectivity index (χ1) is 9.22. The monoisotopic (exact) mass is 294 g/mol. The van der Waals surface area contributed by atoms with Crippen molar-refractivity contribution in [3.8, 4) is 0 Å². The lowest BCUT2D eigenvalue weighted by Gasteiger charge is -2.19. The van der Waals surface area contributed by atoms with E-state index in [-0.39, 0.29) is 29.8 Å². The maximum atomic E-state index is 13.2. The zero-order valence-corrected chi connectivity index (χ0v) is 12.1. The zero-order chi connectivity index (χ0) is 15.1. The van der Waals surface area contributed by atoms with Gasteiger partial charge in [0, 0.05) is 12.0 Å². The van der Waals surface area contributed by atoms with Gasteiger partial charge in [-0.2, -0.15) is 0 Å². The molecule has 0 spiro atoms. The smallest absolute Gasteiger partial charge is 0.235 e. The molecule has 1 aromatic rings. The third kappa shape index (κ3) is 2.56. The van der Waals surface area contributed by atoms with E-state index in [9.17, 15) is 14.0 Å². The molecule has 0 unspecified atom stereocenters. The molecule has 0 saturated carbocycles. The molecule has 1 aromatic carbocycles. The van der Waals surface area contributed by atoms with E-state index in [1.54, 1.807) is 13.8 Å². The molecule has 0 atom stereocenters.